The van der Waals surface area contributed by atoms with Gasteiger partial charge < -0.3 is 5.73 Å². The van der Waals surface area contributed by atoms with Crippen molar-refractivity contribution in [1.29, 1.82) is 0 Å². The first-order valence-corrected chi connectivity index (χ1v) is 6.24. The molecule has 2 N–H and O–H groups in total. The van der Waals surface area contributed by atoms with Crippen LogP contribution in [0.15, 0.2) is 41.9 Å². The highest BCUT2D eigenvalue weighted by molar-refractivity contribution is 7.13. The summed E-state index contributed by atoms with van der Waals surface area (Å²) in [4.78, 5) is 8.78. The molecule has 4 heteroatoms. The molecule has 2 aromatic heterocycles. The SMILES string of the molecule is NCc1ccc2cc(-c3nccs3)ccc2n1. The quantitative estimate of drug-likeness (QED) is 0.750. The van der Waals surface area contributed by atoms with Gasteiger partial charge in [-0.3, -0.25) is 4.98 Å². The highest BCUT2D eigenvalue weighted by Crippen LogP contribution is 2.25. The first kappa shape index (κ1) is 10.4. The third-order valence-electron chi connectivity index (χ3n) is 2.64. The van der Waals surface area contributed by atoms with E-state index in [-0.39, 0.29) is 0 Å². The van der Waals surface area contributed by atoms with Crippen LogP contribution in [0.3, 0.4) is 0 Å². The van der Waals surface area contributed by atoms with Gasteiger partial charge in [-0.05, 0) is 24.3 Å². The Labute approximate surface area is 103 Å². The Morgan fingerprint density at radius 1 is 1.18 bits per heavy atom. The van der Waals surface area contributed by atoms with Crippen molar-refractivity contribution in [2.24, 2.45) is 5.73 Å². The van der Waals surface area contributed by atoms with Gasteiger partial charge in [-0.15, -0.1) is 11.3 Å². The summed E-state index contributed by atoms with van der Waals surface area (Å²) in [6, 6.07) is 10.2. The van der Waals surface area contributed by atoms with E-state index in [1.54, 1.807) is 11.3 Å². The summed E-state index contributed by atoms with van der Waals surface area (Å²) in [7, 11) is 0. The maximum absolute atomic E-state index is 5.58. The molecule has 0 saturated carbocycles. The minimum Gasteiger partial charge on any atom is -0.325 e. The van der Waals surface area contributed by atoms with Crippen molar-refractivity contribution in [2.75, 3.05) is 0 Å². The molecule has 0 atom stereocenters. The topological polar surface area (TPSA) is 51.8 Å². The van der Waals surface area contributed by atoms with Gasteiger partial charge in [-0.25, -0.2) is 4.98 Å². The van der Waals surface area contributed by atoms with Gasteiger partial charge in [0.25, 0.3) is 0 Å². The molecule has 1 aromatic carbocycles. The smallest absolute Gasteiger partial charge is 0.123 e. The Morgan fingerprint density at radius 3 is 2.88 bits per heavy atom. The molecule has 0 amide bonds. The van der Waals surface area contributed by atoms with Gasteiger partial charge in [-0.1, -0.05) is 6.07 Å². The van der Waals surface area contributed by atoms with E-state index >= 15 is 0 Å². The number of thiazole rings is 1. The molecule has 0 saturated heterocycles. The van der Waals surface area contributed by atoms with Gasteiger partial charge in [0.2, 0.25) is 0 Å². The van der Waals surface area contributed by atoms with Crippen molar-refractivity contribution in [3.8, 4) is 10.6 Å². The van der Waals surface area contributed by atoms with Crippen molar-refractivity contribution >= 4 is 22.2 Å². The zero-order chi connectivity index (χ0) is 11.7. The Morgan fingerprint density at radius 2 is 2.12 bits per heavy atom. The van der Waals surface area contributed by atoms with Crippen LogP contribution in [0.1, 0.15) is 5.69 Å². The van der Waals surface area contributed by atoms with Gasteiger partial charge in [0.05, 0.1) is 11.2 Å². The number of fused-ring (bicyclic) bond motifs is 1. The molecule has 0 bridgehead atoms. The average Bonchev–Trinajstić information content (AvgIpc) is 2.91. The lowest BCUT2D eigenvalue weighted by Crippen LogP contribution is -1.98. The van der Waals surface area contributed by atoms with Gasteiger partial charge >= 0.3 is 0 Å². The number of rotatable bonds is 2. The molecule has 0 fully saturated rings. The van der Waals surface area contributed by atoms with Crippen LogP contribution in [0.2, 0.25) is 0 Å². The number of nitrogens with zero attached hydrogens (tertiary/aromatic N) is 2. The van der Waals surface area contributed by atoms with E-state index in [1.807, 2.05) is 23.7 Å². The van der Waals surface area contributed by atoms with Gasteiger partial charge in [0, 0.05) is 29.1 Å². The zero-order valence-electron chi connectivity index (χ0n) is 9.13. The molecule has 0 aliphatic rings. The van der Waals surface area contributed by atoms with Crippen LogP contribution in [0.4, 0.5) is 0 Å². The van der Waals surface area contributed by atoms with E-state index in [9.17, 15) is 0 Å². The standard InChI is InChI=1S/C13H11N3S/c14-8-11-3-1-9-7-10(2-4-12(9)16-11)13-15-5-6-17-13/h1-7H,8,14H2. The Bertz CT molecular complexity index is 647. The van der Waals surface area contributed by atoms with E-state index in [4.69, 9.17) is 5.73 Å². The number of aromatic nitrogens is 2. The minimum absolute atomic E-state index is 0.476. The molecular weight excluding hydrogens is 230 g/mol. The highest BCUT2D eigenvalue weighted by Gasteiger charge is 2.03. The molecule has 3 rings (SSSR count). The van der Waals surface area contributed by atoms with Crippen LogP contribution < -0.4 is 5.73 Å². The molecule has 0 aliphatic heterocycles. The molecule has 0 spiro atoms. The molecular formula is C13H11N3S. The van der Waals surface area contributed by atoms with E-state index in [2.05, 4.69) is 28.2 Å². The Balaban J connectivity index is 2.14. The monoisotopic (exact) mass is 241 g/mol. The molecule has 0 radical (unpaired) electrons. The summed E-state index contributed by atoms with van der Waals surface area (Å²) in [6.45, 7) is 0.476. The number of nitrogens with two attached hydrogens (primary N) is 1. The lowest BCUT2D eigenvalue weighted by atomic mass is 10.1. The van der Waals surface area contributed by atoms with Crippen LogP contribution in [0.25, 0.3) is 21.5 Å². The summed E-state index contributed by atoms with van der Waals surface area (Å²) in [5.41, 5.74) is 8.61. The fraction of sp³-hybridized carbons (Fsp3) is 0.0769. The second-order valence-electron chi connectivity index (χ2n) is 3.75. The van der Waals surface area contributed by atoms with Crippen molar-refractivity contribution in [1.82, 2.24) is 9.97 Å². The van der Waals surface area contributed by atoms with E-state index < -0.39 is 0 Å². The van der Waals surface area contributed by atoms with Crippen LogP contribution in [0, 0.1) is 0 Å². The fourth-order valence-electron chi connectivity index (χ4n) is 1.78. The molecule has 0 aliphatic carbocycles. The Hall–Kier alpha value is -1.78. The maximum Gasteiger partial charge on any atom is 0.123 e. The van der Waals surface area contributed by atoms with Gasteiger partial charge in [0.15, 0.2) is 0 Å². The van der Waals surface area contributed by atoms with Crippen molar-refractivity contribution in [3.05, 3.63) is 47.6 Å². The number of hydrogen-bond acceptors (Lipinski definition) is 4. The summed E-state index contributed by atoms with van der Waals surface area (Å²) in [5.74, 6) is 0. The largest absolute Gasteiger partial charge is 0.325 e. The summed E-state index contributed by atoms with van der Waals surface area (Å²) in [6.07, 6.45) is 1.82. The molecule has 2 heterocycles. The predicted octanol–water partition coefficient (Wildman–Crippen LogP) is 2.82. The van der Waals surface area contributed by atoms with E-state index in [1.165, 1.54) is 0 Å². The van der Waals surface area contributed by atoms with E-state index in [0.29, 0.717) is 6.54 Å². The van der Waals surface area contributed by atoms with Crippen molar-refractivity contribution in [3.63, 3.8) is 0 Å². The van der Waals surface area contributed by atoms with Crippen molar-refractivity contribution in [2.45, 2.75) is 6.54 Å². The van der Waals surface area contributed by atoms with Crippen LogP contribution in [0.5, 0.6) is 0 Å². The number of pyridine rings is 1. The average molecular weight is 241 g/mol. The second-order valence-corrected chi connectivity index (χ2v) is 4.65. The first-order valence-electron chi connectivity index (χ1n) is 5.36. The van der Waals surface area contributed by atoms with Crippen LogP contribution in [-0.4, -0.2) is 9.97 Å². The molecule has 3 nitrogen and oxygen atoms in total. The summed E-state index contributed by atoms with van der Waals surface area (Å²) in [5, 5.41) is 4.14. The predicted molar refractivity (Wildman–Crippen MR) is 70.7 cm³/mol. The first-order chi connectivity index (χ1) is 8.36. The molecule has 84 valence electrons. The number of hydrogen-bond donors (Lipinski definition) is 1. The zero-order valence-corrected chi connectivity index (χ0v) is 9.95. The summed E-state index contributed by atoms with van der Waals surface area (Å²) < 4.78 is 0. The van der Waals surface area contributed by atoms with Crippen LogP contribution in [-0.2, 0) is 6.54 Å². The van der Waals surface area contributed by atoms with E-state index in [0.717, 1.165) is 27.2 Å². The molecule has 0 unspecified atom stereocenters. The fourth-order valence-corrected chi connectivity index (χ4v) is 2.42. The summed E-state index contributed by atoms with van der Waals surface area (Å²) >= 11 is 1.64. The molecule has 17 heavy (non-hydrogen) atoms. The molecule has 3 aromatic rings. The number of benzene rings is 1. The van der Waals surface area contributed by atoms with Gasteiger partial charge in [-0.2, -0.15) is 0 Å². The highest BCUT2D eigenvalue weighted by atomic mass is 32.1. The normalized spacial score (nSPS) is 10.9. The van der Waals surface area contributed by atoms with Crippen LogP contribution >= 0.6 is 11.3 Å². The maximum atomic E-state index is 5.58. The Kier molecular flexibility index (Phi) is 2.59. The second kappa shape index (κ2) is 4.24. The van der Waals surface area contributed by atoms with Crippen molar-refractivity contribution < 1.29 is 0 Å². The third kappa shape index (κ3) is 1.92. The minimum atomic E-state index is 0.476. The lowest BCUT2D eigenvalue weighted by molar-refractivity contribution is 1.01. The van der Waals surface area contributed by atoms with Gasteiger partial charge in [0.1, 0.15) is 5.01 Å². The lowest BCUT2D eigenvalue weighted by Gasteiger charge is -2.02. The third-order valence-corrected chi connectivity index (χ3v) is 3.46.